The van der Waals surface area contributed by atoms with Crippen molar-refractivity contribution < 1.29 is 4.39 Å². The Bertz CT molecular complexity index is 713. The Hall–Kier alpha value is -1.72. The zero-order valence-corrected chi connectivity index (χ0v) is 10.6. The third kappa shape index (κ3) is 2.02. The summed E-state index contributed by atoms with van der Waals surface area (Å²) in [6.45, 7) is 0. The molecule has 0 saturated carbocycles. The first-order valence-electron chi connectivity index (χ1n) is 5.16. The molecular weight excluding hydrogens is 273 g/mol. The standard InChI is InChI=1S/C12H7ClFN3S/c13-10-7-5-6-18-11(7)17-12(16-10)15-9-4-2-1-3-8(9)14/h1-6H,(H,15,16,17). The van der Waals surface area contributed by atoms with Gasteiger partial charge in [0, 0.05) is 5.39 Å². The fraction of sp³-hybridized carbons (Fsp3) is 0. The average molecular weight is 280 g/mol. The summed E-state index contributed by atoms with van der Waals surface area (Å²) in [5.41, 5.74) is 0.324. The molecule has 0 saturated heterocycles. The van der Waals surface area contributed by atoms with Crippen LogP contribution in [0.2, 0.25) is 5.15 Å². The van der Waals surface area contributed by atoms with E-state index in [2.05, 4.69) is 15.3 Å². The highest BCUT2D eigenvalue weighted by molar-refractivity contribution is 7.16. The van der Waals surface area contributed by atoms with Crippen LogP contribution in [0.3, 0.4) is 0 Å². The lowest BCUT2D eigenvalue weighted by atomic mass is 10.3. The summed E-state index contributed by atoms with van der Waals surface area (Å²) in [6, 6.07) is 8.20. The van der Waals surface area contributed by atoms with Gasteiger partial charge in [-0.25, -0.2) is 14.4 Å². The summed E-state index contributed by atoms with van der Waals surface area (Å²) >= 11 is 7.49. The van der Waals surface area contributed by atoms with Crippen molar-refractivity contribution in [2.45, 2.75) is 0 Å². The summed E-state index contributed by atoms with van der Waals surface area (Å²) < 4.78 is 13.5. The number of aromatic nitrogens is 2. The van der Waals surface area contributed by atoms with E-state index in [1.165, 1.54) is 17.4 Å². The smallest absolute Gasteiger partial charge is 0.230 e. The van der Waals surface area contributed by atoms with Crippen LogP contribution >= 0.6 is 22.9 Å². The SMILES string of the molecule is Fc1ccccc1Nc1nc(Cl)c2ccsc2n1. The zero-order chi connectivity index (χ0) is 12.5. The van der Waals surface area contributed by atoms with E-state index in [4.69, 9.17) is 11.6 Å². The van der Waals surface area contributed by atoms with E-state index in [1.54, 1.807) is 18.2 Å². The van der Waals surface area contributed by atoms with Crippen LogP contribution in [0.25, 0.3) is 10.2 Å². The monoisotopic (exact) mass is 279 g/mol. The van der Waals surface area contributed by atoms with Gasteiger partial charge in [0.1, 0.15) is 15.8 Å². The van der Waals surface area contributed by atoms with Crippen molar-refractivity contribution in [1.82, 2.24) is 9.97 Å². The third-order valence-corrected chi connectivity index (χ3v) is 3.49. The van der Waals surface area contributed by atoms with Gasteiger partial charge in [-0.15, -0.1) is 11.3 Å². The number of nitrogens with zero attached hydrogens (tertiary/aromatic N) is 2. The molecular formula is C12H7ClFN3S. The van der Waals surface area contributed by atoms with Gasteiger partial charge >= 0.3 is 0 Å². The molecule has 0 spiro atoms. The molecule has 3 nitrogen and oxygen atoms in total. The van der Waals surface area contributed by atoms with E-state index in [1.807, 2.05) is 11.4 Å². The predicted molar refractivity (Wildman–Crippen MR) is 72.1 cm³/mol. The molecule has 0 amide bonds. The number of hydrogen-bond acceptors (Lipinski definition) is 4. The Balaban J connectivity index is 2.02. The van der Waals surface area contributed by atoms with Crippen molar-refractivity contribution >= 4 is 44.8 Å². The Morgan fingerprint density at radius 3 is 2.83 bits per heavy atom. The molecule has 18 heavy (non-hydrogen) atoms. The van der Waals surface area contributed by atoms with Gasteiger partial charge in [0.05, 0.1) is 5.69 Å². The summed E-state index contributed by atoms with van der Waals surface area (Å²) in [6.07, 6.45) is 0. The summed E-state index contributed by atoms with van der Waals surface area (Å²) in [7, 11) is 0. The van der Waals surface area contributed by atoms with Gasteiger partial charge in [-0.2, -0.15) is 0 Å². The Morgan fingerprint density at radius 1 is 1.17 bits per heavy atom. The van der Waals surface area contributed by atoms with Crippen LogP contribution < -0.4 is 5.32 Å². The topological polar surface area (TPSA) is 37.8 Å². The van der Waals surface area contributed by atoms with Gasteiger partial charge in [-0.1, -0.05) is 23.7 Å². The summed E-state index contributed by atoms with van der Waals surface area (Å²) in [4.78, 5) is 9.14. The largest absolute Gasteiger partial charge is 0.322 e. The molecule has 1 aromatic carbocycles. The summed E-state index contributed by atoms with van der Waals surface area (Å²) in [5, 5.41) is 5.87. The second-order valence-corrected chi connectivity index (χ2v) is 4.83. The van der Waals surface area contributed by atoms with Gasteiger partial charge < -0.3 is 5.32 Å². The fourth-order valence-corrected chi connectivity index (χ4v) is 2.61. The lowest BCUT2D eigenvalue weighted by Gasteiger charge is -2.06. The maximum Gasteiger partial charge on any atom is 0.230 e. The molecule has 0 atom stereocenters. The Morgan fingerprint density at radius 2 is 2.00 bits per heavy atom. The molecule has 6 heteroatoms. The van der Waals surface area contributed by atoms with Crippen LogP contribution in [0.1, 0.15) is 0 Å². The minimum atomic E-state index is -0.358. The van der Waals surface area contributed by atoms with Gasteiger partial charge in [0.2, 0.25) is 5.95 Å². The number of hydrogen-bond donors (Lipinski definition) is 1. The van der Waals surface area contributed by atoms with Gasteiger partial charge in [0.15, 0.2) is 0 Å². The van der Waals surface area contributed by atoms with E-state index in [0.717, 1.165) is 10.2 Å². The van der Waals surface area contributed by atoms with Crippen molar-refractivity contribution in [3.8, 4) is 0 Å². The van der Waals surface area contributed by atoms with E-state index >= 15 is 0 Å². The third-order valence-electron chi connectivity index (χ3n) is 2.40. The van der Waals surface area contributed by atoms with Crippen molar-refractivity contribution in [2.75, 3.05) is 5.32 Å². The van der Waals surface area contributed by atoms with Gasteiger partial charge in [-0.3, -0.25) is 0 Å². The number of thiophene rings is 1. The molecule has 3 aromatic rings. The second kappa shape index (κ2) is 4.51. The average Bonchev–Trinajstić information content (AvgIpc) is 2.81. The lowest BCUT2D eigenvalue weighted by molar-refractivity contribution is 0.631. The molecule has 2 heterocycles. The minimum absolute atomic E-state index is 0.292. The van der Waals surface area contributed by atoms with E-state index in [0.29, 0.717) is 16.8 Å². The first-order chi connectivity index (χ1) is 8.74. The fourth-order valence-electron chi connectivity index (χ4n) is 1.56. The van der Waals surface area contributed by atoms with E-state index in [-0.39, 0.29) is 5.82 Å². The number of benzene rings is 1. The number of nitrogens with one attached hydrogen (secondary N) is 1. The molecule has 90 valence electrons. The zero-order valence-electron chi connectivity index (χ0n) is 9.02. The molecule has 0 bridgehead atoms. The quantitative estimate of drug-likeness (QED) is 0.714. The van der Waals surface area contributed by atoms with Crippen molar-refractivity contribution in [2.24, 2.45) is 0 Å². The highest BCUT2D eigenvalue weighted by Crippen LogP contribution is 2.27. The number of anilines is 2. The summed E-state index contributed by atoms with van der Waals surface area (Å²) in [5.74, 6) is -0.0662. The molecule has 1 N–H and O–H groups in total. The molecule has 0 aliphatic carbocycles. The Kier molecular flexibility index (Phi) is 2.85. The maximum atomic E-state index is 13.5. The van der Waals surface area contributed by atoms with E-state index in [9.17, 15) is 4.39 Å². The molecule has 0 fully saturated rings. The van der Waals surface area contributed by atoms with Crippen LogP contribution in [0.4, 0.5) is 16.0 Å². The van der Waals surface area contributed by atoms with Crippen molar-refractivity contribution in [1.29, 1.82) is 0 Å². The highest BCUT2D eigenvalue weighted by atomic mass is 35.5. The first-order valence-corrected chi connectivity index (χ1v) is 6.42. The highest BCUT2D eigenvalue weighted by Gasteiger charge is 2.08. The molecule has 2 aromatic heterocycles. The van der Waals surface area contributed by atoms with Crippen LogP contribution in [-0.2, 0) is 0 Å². The number of rotatable bonds is 2. The molecule has 0 aliphatic heterocycles. The van der Waals surface area contributed by atoms with Crippen LogP contribution in [0.5, 0.6) is 0 Å². The molecule has 0 radical (unpaired) electrons. The van der Waals surface area contributed by atoms with Gasteiger partial charge in [-0.05, 0) is 23.6 Å². The lowest BCUT2D eigenvalue weighted by Crippen LogP contribution is -1.98. The molecule has 3 rings (SSSR count). The maximum absolute atomic E-state index is 13.5. The van der Waals surface area contributed by atoms with Crippen LogP contribution in [0, 0.1) is 5.82 Å². The normalized spacial score (nSPS) is 10.8. The van der Waals surface area contributed by atoms with E-state index < -0.39 is 0 Å². The van der Waals surface area contributed by atoms with Crippen molar-refractivity contribution in [3.05, 3.63) is 46.7 Å². The number of halogens is 2. The van der Waals surface area contributed by atoms with Crippen LogP contribution in [-0.4, -0.2) is 9.97 Å². The number of para-hydroxylation sites is 1. The van der Waals surface area contributed by atoms with Gasteiger partial charge in [0.25, 0.3) is 0 Å². The van der Waals surface area contributed by atoms with Crippen LogP contribution in [0.15, 0.2) is 35.7 Å². The second-order valence-electron chi connectivity index (χ2n) is 3.58. The Labute approximate surface area is 111 Å². The first kappa shape index (κ1) is 11.4. The molecule has 0 aliphatic rings. The minimum Gasteiger partial charge on any atom is -0.322 e. The molecule has 0 unspecified atom stereocenters. The number of fused-ring (bicyclic) bond motifs is 1. The predicted octanol–water partition coefficient (Wildman–Crippen LogP) is 4.23. The van der Waals surface area contributed by atoms with Crippen molar-refractivity contribution in [3.63, 3.8) is 0 Å².